The summed E-state index contributed by atoms with van der Waals surface area (Å²) in [6.07, 6.45) is 3.80. The topological polar surface area (TPSA) is 79.6 Å². The van der Waals surface area contributed by atoms with E-state index in [1.807, 2.05) is 28.8 Å². The number of carbonyl (C=O) groups is 2. The molecule has 1 N–H and O–H groups in total. The summed E-state index contributed by atoms with van der Waals surface area (Å²) < 4.78 is 1.96. The summed E-state index contributed by atoms with van der Waals surface area (Å²) in [5, 5.41) is 11.3. The Balaban J connectivity index is 1.43. The average Bonchev–Trinajstić information content (AvgIpc) is 3.15. The third-order valence-corrected chi connectivity index (χ3v) is 4.43. The van der Waals surface area contributed by atoms with Gasteiger partial charge in [0.05, 0.1) is 5.92 Å². The minimum Gasteiger partial charge on any atom is -0.356 e. The molecule has 0 aliphatic carbocycles. The van der Waals surface area contributed by atoms with Crippen molar-refractivity contribution in [3.63, 3.8) is 0 Å². The molecule has 0 radical (unpaired) electrons. The van der Waals surface area contributed by atoms with Crippen molar-refractivity contribution in [2.24, 2.45) is 11.8 Å². The molecule has 2 aromatic heterocycles. The van der Waals surface area contributed by atoms with Crippen molar-refractivity contribution in [2.75, 3.05) is 19.6 Å². The van der Waals surface area contributed by atoms with E-state index in [2.05, 4.69) is 29.4 Å². The van der Waals surface area contributed by atoms with Crippen molar-refractivity contribution in [3.8, 4) is 0 Å². The first-order valence-corrected chi connectivity index (χ1v) is 8.88. The van der Waals surface area contributed by atoms with E-state index in [0.29, 0.717) is 25.4 Å². The van der Waals surface area contributed by atoms with Crippen LogP contribution in [0.2, 0.25) is 0 Å². The Bertz CT molecular complexity index is 755. The van der Waals surface area contributed by atoms with Gasteiger partial charge in [-0.15, -0.1) is 10.2 Å². The van der Waals surface area contributed by atoms with Crippen LogP contribution < -0.4 is 5.32 Å². The van der Waals surface area contributed by atoms with Gasteiger partial charge >= 0.3 is 0 Å². The second kappa shape index (κ2) is 7.63. The number of carbonyl (C=O) groups excluding carboxylic acids is 2. The van der Waals surface area contributed by atoms with Crippen LogP contribution in [0.3, 0.4) is 0 Å². The van der Waals surface area contributed by atoms with E-state index in [-0.39, 0.29) is 17.7 Å². The van der Waals surface area contributed by atoms with Gasteiger partial charge in [0.1, 0.15) is 5.82 Å². The van der Waals surface area contributed by atoms with Crippen molar-refractivity contribution in [1.82, 2.24) is 24.8 Å². The molecule has 3 heterocycles. The van der Waals surface area contributed by atoms with E-state index in [1.165, 1.54) is 0 Å². The van der Waals surface area contributed by atoms with E-state index >= 15 is 0 Å². The lowest BCUT2D eigenvalue weighted by Gasteiger charge is -2.18. The van der Waals surface area contributed by atoms with E-state index in [1.54, 1.807) is 4.90 Å². The number of aryl methyl sites for hydroxylation is 1. The molecule has 7 nitrogen and oxygen atoms in total. The molecular formula is C18H25N5O2. The molecule has 25 heavy (non-hydrogen) atoms. The maximum absolute atomic E-state index is 12.3. The lowest BCUT2D eigenvalue weighted by atomic mass is 10.1. The summed E-state index contributed by atoms with van der Waals surface area (Å²) >= 11 is 0. The molecule has 0 bridgehead atoms. The van der Waals surface area contributed by atoms with Crippen LogP contribution in [0.4, 0.5) is 0 Å². The Kier molecular flexibility index (Phi) is 5.31. The van der Waals surface area contributed by atoms with Crippen LogP contribution in [0.25, 0.3) is 5.65 Å². The molecule has 2 amide bonds. The zero-order valence-electron chi connectivity index (χ0n) is 14.8. The van der Waals surface area contributed by atoms with E-state index in [9.17, 15) is 9.59 Å². The maximum Gasteiger partial charge on any atom is 0.225 e. The fraction of sp³-hybridized carbons (Fsp3) is 0.556. The van der Waals surface area contributed by atoms with E-state index < -0.39 is 0 Å². The number of nitrogens with zero attached hydrogens (tertiary/aromatic N) is 4. The minimum atomic E-state index is -0.222. The summed E-state index contributed by atoms with van der Waals surface area (Å²) in [5.41, 5.74) is 0.830. The largest absolute Gasteiger partial charge is 0.356 e. The Labute approximate surface area is 147 Å². The highest BCUT2D eigenvalue weighted by Gasteiger charge is 2.34. The van der Waals surface area contributed by atoms with Gasteiger partial charge in [-0.3, -0.25) is 14.0 Å². The molecule has 1 aliphatic rings. The summed E-state index contributed by atoms with van der Waals surface area (Å²) in [4.78, 5) is 26.0. The van der Waals surface area contributed by atoms with Crippen LogP contribution in [0.15, 0.2) is 24.4 Å². The number of nitrogens with one attached hydrogen (secondary N) is 1. The zero-order valence-corrected chi connectivity index (χ0v) is 14.8. The predicted octanol–water partition coefficient (Wildman–Crippen LogP) is 1.28. The SMILES string of the molecule is CC(C)CN1C[C@H](C(=O)NCCCc2nnc3ccccn23)CC1=O. The number of amides is 2. The van der Waals surface area contributed by atoms with Gasteiger partial charge in [0.25, 0.3) is 0 Å². The fourth-order valence-electron chi connectivity index (χ4n) is 3.23. The average molecular weight is 343 g/mol. The Morgan fingerprint density at radius 2 is 2.20 bits per heavy atom. The molecular weight excluding hydrogens is 318 g/mol. The third kappa shape index (κ3) is 4.15. The number of pyridine rings is 1. The standard InChI is InChI=1S/C18H25N5O2/c1-13(2)11-22-12-14(10-17(22)24)18(25)19-8-5-7-16-21-20-15-6-3-4-9-23(15)16/h3-4,6,9,13-14H,5,7-8,10-12H2,1-2H3,(H,19,25)/t14-/m1/s1. The van der Waals surface area contributed by atoms with Crippen LogP contribution in [0.5, 0.6) is 0 Å². The minimum absolute atomic E-state index is 0.0225. The predicted molar refractivity (Wildman–Crippen MR) is 93.8 cm³/mol. The first-order chi connectivity index (χ1) is 12.0. The Morgan fingerprint density at radius 3 is 3.00 bits per heavy atom. The van der Waals surface area contributed by atoms with Crippen molar-refractivity contribution in [3.05, 3.63) is 30.2 Å². The molecule has 0 unspecified atom stereocenters. The van der Waals surface area contributed by atoms with Gasteiger partial charge < -0.3 is 10.2 Å². The molecule has 0 spiro atoms. The van der Waals surface area contributed by atoms with Gasteiger partial charge in [-0.2, -0.15) is 0 Å². The number of aromatic nitrogens is 3. The van der Waals surface area contributed by atoms with Gasteiger partial charge in [0.15, 0.2) is 5.65 Å². The Morgan fingerprint density at radius 1 is 1.36 bits per heavy atom. The van der Waals surface area contributed by atoms with E-state index in [4.69, 9.17) is 0 Å². The molecule has 134 valence electrons. The molecule has 1 saturated heterocycles. The van der Waals surface area contributed by atoms with Crippen LogP contribution in [-0.4, -0.2) is 50.9 Å². The van der Waals surface area contributed by atoms with Crippen LogP contribution >= 0.6 is 0 Å². The summed E-state index contributed by atoms with van der Waals surface area (Å²) in [7, 11) is 0. The van der Waals surface area contributed by atoms with E-state index in [0.717, 1.165) is 30.9 Å². The highest BCUT2D eigenvalue weighted by Crippen LogP contribution is 2.19. The van der Waals surface area contributed by atoms with Crippen molar-refractivity contribution in [2.45, 2.75) is 33.1 Å². The lowest BCUT2D eigenvalue weighted by Crippen LogP contribution is -2.34. The highest BCUT2D eigenvalue weighted by atomic mass is 16.2. The van der Waals surface area contributed by atoms with Crippen LogP contribution in [-0.2, 0) is 16.0 Å². The van der Waals surface area contributed by atoms with Gasteiger partial charge in [0, 0.05) is 38.7 Å². The van der Waals surface area contributed by atoms with Crippen LogP contribution in [0.1, 0.15) is 32.5 Å². The van der Waals surface area contributed by atoms with Gasteiger partial charge in [-0.25, -0.2) is 0 Å². The zero-order chi connectivity index (χ0) is 17.8. The number of likely N-dealkylation sites (tertiary alicyclic amines) is 1. The number of hydrogen-bond donors (Lipinski definition) is 1. The molecule has 1 fully saturated rings. The normalized spacial score (nSPS) is 17.6. The summed E-state index contributed by atoms with van der Waals surface area (Å²) in [6, 6.07) is 5.79. The number of rotatable bonds is 7. The van der Waals surface area contributed by atoms with Crippen molar-refractivity contribution >= 4 is 17.5 Å². The number of hydrogen-bond acceptors (Lipinski definition) is 4. The molecule has 2 aromatic rings. The second-order valence-electron chi connectivity index (χ2n) is 7.03. The lowest BCUT2D eigenvalue weighted by molar-refractivity contribution is -0.129. The van der Waals surface area contributed by atoms with Crippen LogP contribution in [0, 0.1) is 11.8 Å². The van der Waals surface area contributed by atoms with Gasteiger partial charge in [0.2, 0.25) is 11.8 Å². The monoisotopic (exact) mass is 343 g/mol. The summed E-state index contributed by atoms with van der Waals surface area (Å²) in [6.45, 7) is 6.00. The molecule has 0 aromatic carbocycles. The molecule has 3 rings (SSSR count). The first kappa shape index (κ1) is 17.4. The fourth-order valence-corrected chi connectivity index (χ4v) is 3.23. The molecule has 1 atom stereocenters. The smallest absolute Gasteiger partial charge is 0.225 e. The molecule has 7 heteroatoms. The number of fused-ring (bicyclic) bond motifs is 1. The van der Waals surface area contributed by atoms with Gasteiger partial charge in [-0.1, -0.05) is 19.9 Å². The molecule has 1 aliphatic heterocycles. The third-order valence-electron chi connectivity index (χ3n) is 4.43. The van der Waals surface area contributed by atoms with Gasteiger partial charge in [-0.05, 0) is 24.5 Å². The second-order valence-corrected chi connectivity index (χ2v) is 7.03. The van der Waals surface area contributed by atoms with Crippen molar-refractivity contribution < 1.29 is 9.59 Å². The quantitative estimate of drug-likeness (QED) is 0.768. The Hall–Kier alpha value is -2.44. The summed E-state index contributed by atoms with van der Waals surface area (Å²) in [5.74, 6) is 1.16. The maximum atomic E-state index is 12.3. The first-order valence-electron chi connectivity index (χ1n) is 8.88. The highest BCUT2D eigenvalue weighted by molar-refractivity contribution is 5.89. The van der Waals surface area contributed by atoms with Crippen molar-refractivity contribution in [1.29, 1.82) is 0 Å². The molecule has 0 saturated carbocycles.